The second kappa shape index (κ2) is 5.91. The Hall–Kier alpha value is -2.83. The normalized spacial score (nSPS) is 13.2. The number of hydrogen-bond acceptors (Lipinski definition) is 4. The molecular formula is C18H17F3N4. The molecule has 1 aromatic heterocycles. The lowest BCUT2D eigenvalue weighted by atomic mass is 9.92. The maximum absolute atomic E-state index is 13.1. The molecule has 0 aliphatic heterocycles. The first-order valence-electron chi connectivity index (χ1n) is 7.68. The first kappa shape index (κ1) is 17.0. The summed E-state index contributed by atoms with van der Waals surface area (Å²) in [6.07, 6.45) is -4.40. The maximum atomic E-state index is 13.1. The third-order valence-electron chi connectivity index (χ3n) is 4.30. The third kappa shape index (κ3) is 3.09. The Labute approximate surface area is 142 Å². The van der Waals surface area contributed by atoms with Crippen LogP contribution in [0.25, 0.3) is 10.9 Å². The minimum atomic E-state index is -4.40. The molecule has 0 aliphatic rings. The van der Waals surface area contributed by atoms with Crippen molar-refractivity contribution in [3.63, 3.8) is 0 Å². The molecule has 4 nitrogen and oxygen atoms in total. The zero-order valence-corrected chi connectivity index (χ0v) is 13.7. The monoisotopic (exact) mass is 346 g/mol. The molecule has 130 valence electrons. The molecule has 25 heavy (non-hydrogen) atoms. The van der Waals surface area contributed by atoms with E-state index in [1.54, 1.807) is 31.2 Å². The summed E-state index contributed by atoms with van der Waals surface area (Å²) in [7, 11) is 0. The first-order valence-corrected chi connectivity index (χ1v) is 7.68. The van der Waals surface area contributed by atoms with Crippen molar-refractivity contribution in [2.75, 3.05) is 11.5 Å². The number of anilines is 2. The molecule has 1 atom stereocenters. The van der Waals surface area contributed by atoms with Gasteiger partial charge < -0.3 is 11.5 Å². The highest BCUT2D eigenvalue weighted by Crippen LogP contribution is 2.36. The van der Waals surface area contributed by atoms with Crippen LogP contribution in [0.4, 0.5) is 24.7 Å². The molecular weight excluding hydrogens is 329 g/mol. The van der Waals surface area contributed by atoms with Crippen molar-refractivity contribution in [1.29, 1.82) is 0 Å². The Morgan fingerprint density at radius 3 is 2.44 bits per heavy atom. The zero-order valence-electron chi connectivity index (χ0n) is 13.7. The Kier molecular flexibility index (Phi) is 4.02. The Bertz CT molecular complexity index is 951. The van der Waals surface area contributed by atoms with Gasteiger partial charge in [-0.15, -0.1) is 0 Å². The van der Waals surface area contributed by atoms with Gasteiger partial charge in [-0.25, -0.2) is 9.97 Å². The van der Waals surface area contributed by atoms with E-state index < -0.39 is 17.7 Å². The lowest BCUT2D eigenvalue weighted by Crippen LogP contribution is -2.12. The molecule has 7 heteroatoms. The highest BCUT2D eigenvalue weighted by atomic mass is 19.4. The first-order chi connectivity index (χ1) is 11.7. The number of benzene rings is 2. The average Bonchev–Trinajstić information content (AvgIpc) is 2.54. The van der Waals surface area contributed by atoms with Gasteiger partial charge in [0.25, 0.3) is 0 Å². The van der Waals surface area contributed by atoms with Crippen molar-refractivity contribution in [3.05, 3.63) is 58.9 Å². The molecule has 1 unspecified atom stereocenters. The summed E-state index contributed by atoms with van der Waals surface area (Å²) in [4.78, 5) is 8.74. The van der Waals surface area contributed by atoms with Crippen molar-refractivity contribution in [3.8, 4) is 0 Å². The van der Waals surface area contributed by atoms with Crippen molar-refractivity contribution >= 4 is 22.4 Å². The molecule has 0 saturated heterocycles. The number of alkyl halides is 3. The van der Waals surface area contributed by atoms with Gasteiger partial charge in [0.15, 0.2) is 0 Å². The van der Waals surface area contributed by atoms with E-state index in [1.807, 2.05) is 0 Å². The number of hydrogen-bond donors (Lipinski definition) is 2. The van der Waals surface area contributed by atoms with E-state index in [1.165, 1.54) is 13.0 Å². The second-order valence-corrected chi connectivity index (χ2v) is 5.98. The quantitative estimate of drug-likeness (QED) is 0.679. The number of fused-ring (bicyclic) bond motifs is 1. The predicted molar refractivity (Wildman–Crippen MR) is 92.1 cm³/mol. The van der Waals surface area contributed by atoms with Crippen LogP contribution in [0.15, 0.2) is 36.4 Å². The molecule has 2 aromatic carbocycles. The van der Waals surface area contributed by atoms with Crippen molar-refractivity contribution in [2.24, 2.45) is 0 Å². The molecule has 0 fully saturated rings. The van der Waals surface area contributed by atoms with Crippen LogP contribution in [-0.4, -0.2) is 9.97 Å². The molecule has 1 heterocycles. The number of rotatable bonds is 2. The number of halogens is 3. The van der Waals surface area contributed by atoms with Gasteiger partial charge >= 0.3 is 6.18 Å². The van der Waals surface area contributed by atoms with Gasteiger partial charge in [-0.1, -0.05) is 19.1 Å². The fourth-order valence-electron chi connectivity index (χ4n) is 2.95. The van der Waals surface area contributed by atoms with E-state index in [4.69, 9.17) is 11.5 Å². The maximum Gasteiger partial charge on any atom is 0.416 e. The largest absolute Gasteiger partial charge is 0.416 e. The number of nitrogens with zero attached hydrogens (tertiary/aromatic N) is 2. The third-order valence-corrected chi connectivity index (χ3v) is 4.30. The van der Waals surface area contributed by atoms with E-state index in [9.17, 15) is 13.2 Å². The minimum Gasteiger partial charge on any atom is -0.399 e. The number of nitrogen functional groups attached to an aromatic ring is 2. The van der Waals surface area contributed by atoms with Crippen LogP contribution in [0.1, 0.15) is 35.4 Å². The van der Waals surface area contributed by atoms with Crippen LogP contribution >= 0.6 is 0 Å². The van der Waals surface area contributed by atoms with E-state index in [-0.39, 0.29) is 11.4 Å². The summed E-state index contributed by atoms with van der Waals surface area (Å²) in [6.45, 7) is 3.22. The molecule has 3 aromatic rings. The summed E-state index contributed by atoms with van der Waals surface area (Å²) in [6, 6.07) is 9.21. The van der Waals surface area contributed by atoms with Crippen LogP contribution in [0.5, 0.6) is 0 Å². The summed E-state index contributed by atoms with van der Waals surface area (Å²) >= 11 is 0. The number of nitrogens with two attached hydrogens (primary N) is 2. The summed E-state index contributed by atoms with van der Waals surface area (Å²) in [5.74, 6) is 0.188. The van der Waals surface area contributed by atoms with Gasteiger partial charge in [0, 0.05) is 17.0 Å². The highest BCUT2D eigenvalue weighted by molar-refractivity contribution is 5.90. The lowest BCUT2D eigenvalue weighted by molar-refractivity contribution is -0.138. The SMILES string of the molecule is Cc1c(C(C)c2nc(N)c3cc(N)ccc3n2)cccc1C(F)(F)F. The second-order valence-electron chi connectivity index (χ2n) is 5.98. The number of aromatic nitrogens is 2. The molecule has 0 aliphatic carbocycles. The average molecular weight is 346 g/mol. The van der Waals surface area contributed by atoms with Crippen LogP contribution < -0.4 is 11.5 Å². The van der Waals surface area contributed by atoms with E-state index in [0.29, 0.717) is 28.0 Å². The minimum absolute atomic E-state index is 0.169. The summed E-state index contributed by atoms with van der Waals surface area (Å²) in [5, 5.41) is 0.622. The molecule has 0 spiro atoms. The van der Waals surface area contributed by atoms with Crippen LogP contribution in [0.3, 0.4) is 0 Å². The van der Waals surface area contributed by atoms with Gasteiger partial charge in [0.2, 0.25) is 0 Å². The lowest BCUT2D eigenvalue weighted by Gasteiger charge is -2.18. The highest BCUT2D eigenvalue weighted by Gasteiger charge is 2.33. The van der Waals surface area contributed by atoms with Crippen molar-refractivity contribution < 1.29 is 13.2 Å². The van der Waals surface area contributed by atoms with E-state index in [2.05, 4.69) is 9.97 Å². The molecule has 3 rings (SSSR count). The van der Waals surface area contributed by atoms with Crippen molar-refractivity contribution in [2.45, 2.75) is 25.9 Å². The topological polar surface area (TPSA) is 77.8 Å². The Morgan fingerprint density at radius 2 is 1.76 bits per heavy atom. The predicted octanol–water partition coefficient (Wildman–Crippen LogP) is 4.27. The van der Waals surface area contributed by atoms with Crippen molar-refractivity contribution in [1.82, 2.24) is 9.97 Å². The van der Waals surface area contributed by atoms with E-state index >= 15 is 0 Å². The fraction of sp³-hybridized carbons (Fsp3) is 0.222. The summed E-state index contributed by atoms with van der Waals surface area (Å²) < 4.78 is 39.4. The van der Waals surface area contributed by atoms with E-state index in [0.717, 1.165) is 6.07 Å². The Morgan fingerprint density at radius 1 is 1.04 bits per heavy atom. The molecule has 0 bridgehead atoms. The molecule has 4 N–H and O–H groups in total. The van der Waals surface area contributed by atoms with Crippen LogP contribution in [-0.2, 0) is 6.18 Å². The Balaban J connectivity index is 2.12. The van der Waals surface area contributed by atoms with Gasteiger partial charge in [-0.05, 0) is 42.3 Å². The smallest absolute Gasteiger partial charge is 0.399 e. The zero-order chi connectivity index (χ0) is 18.4. The molecule has 0 saturated carbocycles. The molecule has 0 radical (unpaired) electrons. The van der Waals surface area contributed by atoms with Gasteiger partial charge in [0.05, 0.1) is 11.1 Å². The fourth-order valence-corrected chi connectivity index (χ4v) is 2.95. The summed E-state index contributed by atoms with van der Waals surface area (Å²) in [5.41, 5.74) is 12.9. The van der Waals surface area contributed by atoms with Gasteiger partial charge in [-0.2, -0.15) is 13.2 Å². The molecule has 0 amide bonds. The van der Waals surface area contributed by atoms with Crippen LogP contribution in [0.2, 0.25) is 0 Å². The van der Waals surface area contributed by atoms with Gasteiger partial charge in [-0.3, -0.25) is 0 Å². The van der Waals surface area contributed by atoms with Gasteiger partial charge in [0.1, 0.15) is 11.6 Å². The standard InChI is InChI=1S/C18H17F3N4/c1-9-12(4-3-5-14(9)18(19,20)21)10(2)17-24-15-7-6-11(22)8-13(15)16(23)25-17/h3-8,10H,22H2,1-2H3,(H2,23,24,25). The van der Waals surface area contributed by atoms with Crippen LogP contribution in [0, 0.1) is 6.92 Å².